The number of methoxy groups -OCH3 is 1. The van der Waals surface area contributed by atoms with Crippen LogP contribution in [0.2, 0.25) is 0 Å². The Balaban J connectivity index is 1.93. The average Bonchev–Trinajstić information content (AvgIpc) is 3.17. The SMILES string of the molecule is COc1ccc2cc3c(c(C)c2c1)c1ccc(CC(F)(F)F)cc1n1ccnc31. The number of pyridine rings is 1. The molecule has 0 atom stereocenters. The van der Waals surface area contributed by atoms with Gasteiger partial charge in [0, 0.05) is 23.2 Å². The molecule has 5 rings (SSSR count). The molecule has 6 heteroatoms. The summed E-state index contributed by atoms with van der Waals surface area (Å²) in [5.74, 6) is 0.763. The van der Waals surface area contributed by atoms with Crippen LogP contribution in [0, 0.1) is 6.92 Å². The van der Waals surface area contributed by atoms with E-state index in [9.17, 15) is 13.2 Å². The van der Waals surface area contributed by atoms with E-state index in [0.29, 0.717) is 0 Å². The first-order valence-corrected chi connectivity index (χ1v) is 9.21. The van der Waals surface area contributed by atoms with Crippen molar-refractivity contribution < 1.29 is 17.9 Å². The zero-order valence-corrected chi connectivity index (χ0v) is 15.8. The van der Waals surface area contributed by atoms with Crippen molar-refractivity contribution in [3.8, 4) is 5.75 Å². The number of halogens is 3. The van der Waals surface area contributed by atoms with Gasteiger partial charge in [0.2, 0.25) is 0 Å². The number of alkyl halides is 3. The fraction of sp³-hybridized carbons (Fsp3) is 0.174. The summed E-state index contributed by atoms with van der Waals surface area (Å²) in [6, 6.07) is 13.0. The molecule has 0 aliphatic rings. The molecule has 3 aromatic carbocycles. The fourth-order valence-corrected chi connectivity index (χ4v) is 4.23. The smallest absolute Gasteiger partial charge is 0.393 e. The Labute approximate surface area is 164 Å². The highest BCUT2D eigenvalue weighted by Crippen LogP contribution is 2.37. The number of imidazole rings is 1. The van der Waals surface area contributed by atoms with Gasteiger partial charge in [-0.3, -0.25) is 4.40 Å². The second-order valence-electron chi connectivity index (χ2n) is 7.28. The predicted octanol–water partition coefficient (Wildman–Crippen LogP) is 6.22. The zero-order valence-electron chi connectivity index (χ0n) is 15.8. The summed E-state index contributed by atoms with van der Waals surface area (Å²) >= 11 is 0. The van der Waals surface area contributed by atoms with E-state index in [2.05, 4.69) is 11.1 Å². The first-order chi connectivity index (χ1) is 13.9. The topological polar surface area (TPSA) is 26.5 Å². The van der Waals surface area contributed by atoms with Crippen LogP contribution >= 0.6 is 0 Å². The number of ether oxygens (including phenoxy) is 1. The van der Waals surface area contributed by atoms with Crippen LogP contribution in [0.25, 0.3) is 38.1 Å². The van der Waals surface area contributed by atoms with E-state index in [1.165, 1.54) is 0 Å². The van der Waals surface area contributed by atoms with Crippen molar-refractivity contribution >= 4 is 38.1 Å². The first kappa shape index (κ1) is 17.8. The zero-order chi connectivity index (χ0) is 20.3. The second kappa shape index (κ2) is 6.11. The number of nitrogens with zero attached hydrogens (tertiary/aromatic N) is 2. The van der Waals surface area contributed by atoms with Crippen LogP contribution in [0.15, 0.2) is 54.9 Å². The number of rotatable bonds is 2. The van der Waals surface area contributed by atoms with Crippen LogP contribution < -0.4 is 4.74 Å². The van der Waals surface area contributed by atoms with Gasteiger partial charge < -0.3 is 4.74 Å². The van der Waals surface area contributed by atoms with Crippen LogP contribution in [0.4, 0.5) is 13.2 Å². The Kier molecular flexibility index (Phi) is 3.75. The van der Waals surface area contributed by atoms with Crippen LogP contribution in [0.1, 0.15) is 11.1 Å². The quantitative estimate of drug-likeness (QED) is 0.263. The van der Waals surface area contributed by atoms with E-state index in [4.69, 9.17) is 4.74 Å². The monoisotopic (exact) mass is 394 g/mol. The molecule has 0 bridgehead atoms. The number of fused-ring (bicyclic) bond motifs is 7. The van der Waals surface area contributed by atoms with Crippen LogP contribution in [-0.4, -0.2) is 22.7 Å². The van der Waals surface area contributed by atoms with Gasteiger partial charge in [-0.25, -0.2) is 4.98 Å². The van der Waals surface area contributed by atoms with E-state index in [1.807, 2.05) is 29.5 Å². The number of aromatic nitrogens is 2. The van der Waals surface area contributed by atoms with Crippen molar-refractivity contribution in [3.05, 3.63) is 66.0 Å². The molecule has 0 amide bonds. The van der Waals surface area contributed by atoms with Crippen LogP contribution in [-0.2, 0) is 6.42 Å². The van der Waals surface area contributed by atoms with Crippen molar-refractivity contribution in [1.82, 2.24) is 9.38 Å². The lowest BCUT2D eigenvalue weighted by atomic mass is 9.94. The number of benzene rings is 3. The van der Waals surface area contributed by atoms with Gasteiger partial charge in [0.05, 0.1) is 19.0 Å². The first-order valence-electron chi connectivity index (χ1n) is 9.21. The molecule has 0 N–H and O–H groups in total. The summed E-state index contributed by atoms with van der Waals surface area (Å²) in [5, 5.41) is 4.99. The average molecular weight is 394 g/mol. The Bertz CT molecular complexity index is 1420. The van der Waals surface area contributed by atoms with Crippen molar-refractivity contribution in [3.63, 3.8) is 0 Å². The Hall–Kier alpha value is -3.28. The maximum Gasteiger partial charge on any atom is 0.393 e. The third-order valence-corrected chi connectivity index (χ3v) is 5.49. The van der Waals surface area contributed by atoms with E-state index >= 15 is 0 Å². The maximum absolute atomic E-state index is 12.9. The number of hydrogen-bond donors (Lipinski definition) is 0. The Morgan fingerprint density at radius 3 is 2.59 bits per heavy atom. The molecule has 146 valence electrons. The predicted molar refractivity (Wildman–Crippen MR) is 109 cm³/mol. The molecule has 0 saturated heterocycles. The van der Waals surface area contributed by atoms with Gasteiger partial charge in [-0.1, -0.05) is 18.2 Å². The molecule has 2 aromatic heterocycles. The molecule has 0 fully saturated rings. The molecule has 0 aliphatic carbocycles. The molecule has 0 unspecified atom stereocenters. The highest BCUT2D eigenvalue weighted by atomic mass is 19.4. The molecular weight excluding hydrogens is 377 g/mol. The maximum atomic E-state index is 12.9. The van der Waals surface area contributed by atoms with E-state index < -0.39 is 12.6 Å². The summed E-state index contributed by atoms with van der Waals surface area (Å²) in [6.45, 7) is 2.03. The van der Waals surface area contributed by atoms with Gasteiger partial charge in [-0.2, -0.15) is 13.2 Å². The number of hydrogen-bond acceptors (Lipinski definition) is 2. The minimum absolute atomic E-state index is 0.236. The normalized spacial score (nSPS) is 12.4. The molecule has 29 heavy (non-hydrogen) atoms. The number of aryl methyl sites for hydroxylation is 1. The molecular formula is C23H17F3N2O. The molecule has 3 nitrogen and oxygen atoms in total. The molecule has 0 aliphatic heterocycles. The van der Waals surface area contributed by atoms with Crippen molar-refractivity contribution in [1.29, 1.82) is 0 Å². The third kappa shape index (κ3) is 2.78. The fourth-order valence-electron chi connectivity index (χ4n) is 4.23. The second-order valence-corrected chi connectivity index (χ2v) is 7.28. The van der Waals surface area contributed by atoms with Crippen molar-refractivity contribution in [2.45, 2.75) is 19.5 Å². The van der Waals surface area contributed by atoms with Gasteiger partial charge >= 0.3 is 6.18 Å². The van der Waals surface area contributed by atoms with E-state index in [-0.39, 0.29) is 5.56 Å². The third-order valence-electron chi connectivity index (χ3n) is 5.49. The minimum atomic E-state index is -4.25. The van der Waals surface area contributed by atoms with Gasteiger partial charge in [-0.05, 0) is 58.5 Å². The Morgan fingerprint density at radius 1 is 1.00 bits per heavy atom. The highest BCUT2D eigenvalue weighted by Gasteiger charge is 2.28. The molecule has 5 aromatic rings. The van der Waals surface area contributed by atoms with Gasteiger partial charge in [0.25, 0.3) is 0 Å². The highest BCUT2D eigenvalue weighted by molar-refractivity contribution is 6.18. The molecule has 0 radical (unpaired) electrons. The summed E-state index contributed by atoms with van der Waals surface area (Å²) < 4.78 is 46.0. The van der Waals surface area contributed by atoms with Crippen LogP contribution in [0.3, 0.4) is 0 Å². The lowest BCUT2D eigenvalue weighted by Crippen LogP contribution is -2.11. The van der Waals surface area contributed by atoms with Crippen molar-refractivity contribution in [2.75, 3.05) is 7.11 Å². The summed E-state index contributed by atoms with van der Waals surface area (Å²) in [5.41, 5.74) is 2.74. The minimum Gasteiger partial charge on any atom is -0.497 e. The lowest BCUT2D eigenvalue weighted by molar-refractivity contribution is -0.127. The summed E-state index contributed by atoms with van der Waals surface area (Å²) in [6.07, 6.45) is -1.73. The largest absolute Gasteiger partial charge is 0.497 e. The molecule has 0 saturated carbocycles. The molecule has 0 spiro atoms. The van der Waals surface area contributed by atoms with E-state index in [1.54, 1.807) is 37.7 Å². The lowest BCUT2D eigenvalue weighted by Gasteiger charge is -2.15. The van der Waals surface area contributed by atoms with Gasteiger partial charge in [-0.15, -0.1) is 0 Å². The van der Waals surface area contributed by atoms with Crippen molar-refractivity contribution in [2.24, 2.45) is 0 Å². The Morgan fingerprint density at radius 2 is 1.83 bits per heavy atom. The standard InChI is InChI=1S/C23H17F3N2O/c1-13-18-11-16(29-2)5-4-15(18)10-19-21(13)17-6-3-14(12-23(24,25)26)9-20(17)28-8-7-27-22(19)28/h3-11H,12H2,1-2H3. The summed E-state index contributed by atoms with van der Waals surface area (Å²) in [4.78, 5) is 4.50. The van der Waals surface area contributed by atoms with E-state index in [0.717, 1.165) is 49.4 Å². The summed E-state index contributed by atoms with van der Waals surface area (Å²) in [7, 11) is 1.63. The van der Waals surface area contributed by atoms with Crippen LogP contribution in [0.5, 0.6) is 5.75 Å². The van der Waals surface area contributed by atoms with Gasteiger partial charge in [0.1, 0.15) is 11.4 Å². The van der Waals surface area contributed by atoms with Gasteiger partial charge in [0.15, 0.2) is 0 Å². The molecule has 2 heterocycles.